The van der Waals surface area contributed by atoms with Gasteiger partial charge in [0.25, 0.3) is 5.91 Å². The Morgan fingerprint density at radius 1 is 0.826 bits per heavy atom. The van der Waals surface area contributed by atoms with Gasteiger partial charge in [-0.1, -0.05) is 18.2 Å². The van der Waals surface area contributed by atoms with Crippen molar-refractivity contribution in [1.29, 1.82) is 0 Å². The first kappa shape index (κ1) is 14.2. The highest BCUT2D eigenvalue weighted by molar-refractivity contribution is 6.10. The fourth-order valence-electron chi connectivity index (χ4n) is 3.87. The Balaban J connectivity index is 1.58. The highest BCUT2D eigenvalue weighted by Gasteiger charge is 2.52. The van der Waals surface area contributed by atoms with E-state index < -0.39 is 6.04 Å². The molecule has 0 radical (unpaired) electrons. The normalized spacial score (nSPS) is 27.8. The number of para-hydroxylation sites is 1. The van der Waals surface area contributed by atoms with Crippen molar-refractivity contribution in [2.75, 3.05) is 18.0 Å². The second kappa shape index (κ2) is 5.37. The number of rotatable bonds is 2. The van der Waals surface area contributed by atoms with Crippen molar-refractivity contribution >= 4 is 23.5 Å². The number of fused-ring (bicyclic) bond motifs is 1. The molecule has 0 N–H and O–H groups in total. The van der Waals surface area contributed by atoms with Crippen LogP contribution in [0.2, 0.25) is 0 Å². The molecule has 23 heavy (non-hydrogen) atoms. The number of benzene rings is 1. The van der Waals surface area contributed by atoms with Gasteiger partial charge in [-0.05, 0) is 37.8 Å². The molecule has 0 spiro atoms. The van der Waals surface area contributed by atoms with E-state index in [0.717, 1.165) is 18.5 Å². The average Bonchev–Trinajstić information content (AvgIpc) is 3.07. The number of urea groups is 1. The van der Waals surface area contributed by atoms with Crippen LogP contribution in [0.5, 0.6) is 0 Å². The summed E-state index contributed by atoms with van der Waals surface area (Å²) in [5.41, 5.74) is 0.816. The monoisotopic (exact) mass is 313 g/mol. The van der Waals surface area contributed by atoms with Gasteiger partial charge in [-0.2, -0.15) is 0 Å². The van der Waals surface area contributed by atoms with Crippen LogP contribution >= 0.6 is 0 Å². The maximum absolute atomic E-state index is 12.8. The first-order valence-electron chi connectivity index (χ1n) is 8.18. The van der Waals surface area contributed by atoms with Crippen molar-refractivity contribution in [3.05, 3.63) is 30.3 Å². The van der Waals surface area contributed by atoms with Gasteiger partial charge in [-0.25, -0.2) is 9.69 Å². The lowest BCUT2D eigenvalue weighted by Crippen LogP contribution is -2.46. The zero-order chi connectivity index (χ0) is 16.0. The van der Waals surface area contributed by atoms with E-state index in [0.29, 0.717) is 25.9 Å². The molecule has 0 aliphatic carbocycles. The molecule has 3 heterocycles. The van der Waals surface area contributed by atoms with E-state index in [2.05, 4.69) is 0 Å². The fourth-order valence-corrected chi connectivity index (χ4v) is 3.87. The Morgan fingerprint density at radius 2 is 1.61 bits per heavy atom. The van der Waals surface area contributed by atoms with Gasteiger partial charge in [-0.15, -0.1) is 0 Å². The number of hydrogen-bond donors (Lipinski definition) is 0. The van der Waals surface area contributed by atoms with Crippen LogP contribution in [-0.2, 0) is 9.59 Å². The van der Waals surface area contributed by atoms with Crippen molar-refractivity contribution in [2.45, 2.75) is 37.8 Å². The molecule has 4 rings (SSSR count). The Bertz CT molecular complexity index is 636. The number of hydrogen-bond acceptors (Lipinski definition) is 3. The van der Waals surface area contributed by atoms with Crippen LogP contribution in [0.25, 0.3) is 0 Å². The van der Waals surface area contributed by atoms with Gasteiger partial charge in [0.05, 0.1) is 0 Å². The van der Waals surface area contributed by atoms with Crippen LogP contribution in [0.15, 0.2) is 30.3 Å². The number of carbonyl (C=O) groups is 3. The number of amides is 4. The summed E-state index contributed by atoms with van der Waals surface area (Å²) in [6.07, 6.45) is 3.11. The molecule has 6 heteroatoms. The SMILES string of the molecule is O=C1C(N2C(=O)C3CCCCN3C2=O)CCN1c1ccccc1. The molecule has 3 aliphatic heterocycles. The molecule has 6 nitrogen and oxygen atoms in total. The zero-order valence-electron chi connectivity index (χ0n) is 12.9. The standard InChI is InChI=1S/C17H19N3O3/c21-15-14(9-11-18(15)12-6-2-1-3-7-12)20-16(22)13-8-4-5-10-19(13)17(20)23/h1-3,6-7,13-14H,4-5,8-11H2. The third kappa shape index (κ3) is 2.12. The lowest BCUT2D eigenvalue weighted by Gasteiger charge is -2.26. The van der Waals surface area contributed by atoms with Gasteiger partial charge < -0.3 is 9.80 Å². The zero-order valence-corrected chi connectivity index (χ0v) is 12.9. The molecule has 2 atom stereocenters. The molecule has 3 fully saturated rings. The van der Waals surface area contributed by atoms with Gasteiger partial charge in [-0.3, -0.25) is 9.59 Å². The lowest BCUT2D eigenvalue weighted by molar-refractivity contribution is -0.134. The molecular formula is C17H19N3O3. The smallest absolute Gasteiger partial charge is 0.312 e. The van der Waals surface area contributed by atoms with Crippen molar-refractivity contribution in [2.24, 2.45) is 0 Å². The van der Waals surface area contributed by atoms with Crippen molar-refractivity contribution < 1.29 is 14.4 Å². The number of piperidine rings is 1. The van der Waals surface area contributed by atoms with Gasteiger partial charge in [0.2, 0.25) is 5.91 Å². The van der Waals surface area contributed by atoms with Crippen LogP contribution in [0.1, 0.15) is 25.7 Å². The van der Waals surface area contributed by atoms with E-state index >= 15 is 0 Å². The van der Waals surface area contributed by atoms with Crippen LogP contribution in [0.3, 0.4) is 0 Å². The highest BCUT2D eigenvalue weighted by atomic mass is 16.2. The van der Waals surface area contributed by atoms with Crippen LogP contribution in [-0.4, -0.2) is 52.8 Å². The second-order valence-corrected chi connectivity index (χ2v) is 6.33. The van der Waals surface area contributed by atoms with Crippen LogP contribution < -0.4 is 4.90 Å². The van der Waals surface area contributed by atoms with Gasteiger partial charge in [0.1, 0.15) is 12.1 Å². The number of carbonyl (C=O) groups excluding carboxylic acids is 3. The minimum absolute atomic E-state index is 0.155. The molecule has 1 aromatic rings. The summed E-state index contributed by atoms with van der Waals surface area (Å²) in [7, 11) is 0. The fraction of sp³-hybridized carbons (Fsp3) is 0.471. The minimum atomic E-state index is -0.652. The third-order valence-corrected chi connectivity index (χ3v) is 5.03. The molecule has 1 aromatic carbocycles. The molecule has 2 unspecified atom stereocenters. The van der Waals surface area contributed by atoms with E-state index in [1.165, 1.54) is 4.90 Å². The summed E-state index contributed by atoms with van der Waals surface area (Å²) in [6, 6.07) is 8.11. The largest absolute Gasteiger partial charge is 0.328 e. The van der Waals surface area contributed by atoms with Crippen LogP contribution in [0, 0.1) is 0 Å². The maximum atomic E-state index is 12.8. The molecule has 0 aromatic heterocycles. The van der Waals surface area contributed by atoms with E-state index in [1.807, 2.05) is 30.3 Å². The maximum Gasteiger partial charge on any atom is 0.328 e. The van der Waals surface area contributed by atoms with E-state index in [-0.39, 0.29) is 23.9 Å². The number of imide groups is 1. The molecule has 4 amide bonds. The summed E-state index contributed by atoms with van der Waals surface area (Å²) in [5, 5.41) is 0. The first-order valence-corrected chi connectivity index (χ1v) is 8.18. The second-order valence-electron chi connectivity index (χ2n) is 6.33. The summed E-state index contributed by atoms with van der Waals surface area (Å²) >= 11 is 0. The van der Waals surface area contributed by atoms with Crippen LogP contribution in [0.4, 0.5) is 10.5 Å². The summed E-state index contributed by atoms with van der Waals surface area (Å²) in [6.45, 7) is 1.16. The Hall–Kier alpha value is -2.37. The minimum Gasteiger partial charge on any atom is -0.312 e. The van der Waals surface area contributed by atoms with E-state index in [4.69, 9.17) is 0 Å². The Kier molecular flexibility index (Phi) is 3.32. The Labute approximate surface area is 134 Å². The van der Waals surface area contributed by atoms with Crippen molar-refractivity contribution in [1.82, 2.24) is 9.80 Å². The van der Waals surface area contributed by atoms with E-state index in [9.17, 15) is 14.4 Å². The van der Waals surface area contributed by atoms with E-state index in [1.54, 1.807) is 9.80 Å². The topological polar surface area (TPSA) is 60.9 Å². The molecular weight excluding hydrogens is 294 g/mol. The van der Waals surface area contributed by atoms with Crippen molar-refractivity contribution in [3.8, 4) is 0 Å². The quantitative estimate of drug-likeness (QED) is 0.779. The molecule has 3 saturated heterocycles. The molecule has 0 saturated carbocycles. The summed E-state index contributed by atoms with van der Waals surface area (Å²) < 4.78 is 0. The number of anilines is 1. The molecule has 120 valence electrons. The first-order chi connectivity index (χ1) is 11.2. The van der Waals surface area contributed by atoms with Gasteiger partial charge in [0.15, 0.2) is 0 Å². The predicted molar refractivity (Wildman–Crippen MR) is 83.8 cm³/mol. The third-order valence-electron chi connectivity index (χ3n) is 5.03. The lowest BCUT2D eigenvalue weighted by atomic mass is 10.0. The average molecular weight is 313 g/mol. The predicted octanol–water partition coefficient (Wildman–Crippen LogP) is 1.61. The van der Waals surface area contributed by atoms with Gasteiger partial charge in [0, 0.05) is 18.8 Å². The molecule has 3 aliphatic rings. The highest BCUT2D eigenvalue weighted by Crippen LogP contribution is 2.32. The summed E-state index contributed by atoms with van der Waals surface area (Å²) in [5.74, 6) is -0.347. The Morgan fingerprint density at radius 3 is 2.35 bits per heavy atom. The van der Waals surface area contributed by atoms with Gasteiger partial charge >= 0.3 is 6.03 Å². The number of nitrogens with zero attached hydrogens (tertiary/aromatic N) is 3. The summed E-state index contributed by atoms with van der Waals surface area (Å²) in [4.78, 5) is 42.5. The molecule has 0 bridgehead atoms. The van der Waals surface area contributed by atoms with Crippen molar-refractivity contribution in [3.63, 3.8) is 0 Å².